The van der Waals surface area contributed by atoms with Gasteiger partial charge in [-0.2, -0.15) is 0 Å². The number of rotatable bonds is 3. The van der Waals surface area contributed by atoms with Gasteiger partial charge in [0.05, 0.1) is 0 Å². The number of fused-ring (bicyclic) bond motifs is 1. The molecule has 3 fully saturated rings. The number of hydrogen-bond donors (Lipinski definition) is 1. The maximum atomic E-state index is 15.3. The summed E-state index contributed by atoms with van der Waals surface area (Å²) in [6, 6.07) is 9.81. The minimum absolute atomic E-state index is 0.177. The molecule has 2 aromatic rings. The Balaban J connectivity index is 1.11. The first-order valence-electron chi connectivity index (χ1n) is 11.7. The highest BCUT2D eigenvalue weighted by Crippen LogP contribution is 2.60. The van der Waals surface area contributed by atoms with Crippen LogP contribution in [0.15, 0.2) is 42.5 Å². The lowest BCUT2D eigenvalue weighted by Crippen LogP contribution is -2.66. The fraction of sp³-hybridized carbons (Fsp3) is 0.385. The number of alkyl halides is 1. The summed E-state index contributed by atoms with van der Waals surface area (Å²) in [6.07, 6.45) is 0.966. The number of piperidine rings is 1. The highest BCUT2D eigenvalue weighted by Gasteiger charge is 2.62. The van der Waals surface area contributed by atoms with Crippen molar-refractivity contribution in [2.45, 2.75) is 43.9 Å². The first-order chi connectivity index (χ1) is 16.7. The molecule has 1 unspecified atom stereocenters. The van der Waals surface area contributed by atoms with Gasteiger partial charge in [-0.3, -0.25) is 24.5 Å². The van der Waals surface area contributed by atoms with Crippen molar-refractivity contribution >= 4 is 23.6 Å². The Bertz CT molecular complexity index is 1300. The van der Waals surface area contributed by atoms with E-state index in [9.17, 15) is 23.6 Å². The average Bonchev–Trinajstić information content (AvgIpc) is 3.10. The third-order valence-electron chi connectivity index (χ3n) is 7.76. The Kier molecular flexibility index (Phi) is 4.65. The minimum Gasteiger partial charge on any atom is -0.337 e. The molecule has 180 valence electrons. The van der Waals surface area contributed by atoms with E-state index in [0.29, 0.717) is 35.3 Å². The third kappa shape index (κ3) is 3.44. The number of halogens is 2. The molecule has 6 rings (SSSR count). The van der Waals surface area contributed by atoms with E-state index in [1.807, 2.05) is 0 Å². The smallest absolute Gasteiger partial charge is 0.255 e. The molecule has 3 heterocycles. The number of hydrogen-bond acceptors (Lipinski definition) is 4. The van der Waals surface area contributed by atoms with Gasteiger partial charge in [0, 0.05) is 42.6 Å². The van der Waals surface area contributed by atoms with Crippen molar-refractivity contribution in [3.63, 3.8) is 0 Å². The summed E-state index contributed by atoms with van der Waals surface area (Å²) >= 11 is 0. The summed E-state index contributed by atoms with van der Waals surface area (Å²) in [5.74, 6) is -1.76. The van der Waals surface area contributed by atoms with Gasteiger partial charge in [-0.15, -0.1) is 0 Å². The van der Waals surface area contributed by atoms with Crippen LogP contribution in [-0.2, 0) is 21.8 Å². The second-order valence-electron chi connectivity index (χ2n) is 10.3. The zero-order valence-corrected chi connectivity index (χ0v) is 18.9. The summed E-state index contributed by atoms with van der Waals surface area (Å²) in [6.45, 7) is 1.07. The third-order valence-corrected chi connectivity index (χ3v) is 7.76. The molecular weight excluding hydrogens is 456 g/mol. The Morgan fingerprint density at radius 3 is 2.54 bits per heavy atom. The molecule has 9 heteroatoms. The second-order valence-corrected chi connectivity index (χ2v) is 10.3. The number of carbonyl (C=O) groups is 4. The Morgan fingerprint density at radius 2 is 1.83 bits per heavy atom. The Morgan fingerprint density at radius 1 is 1.06 bits per heavy atom. The van der Waals surface area contributed by atoms with Gasteiger partial charge in [-0.25, -0.2) is 8.78 Å². The first kappa shape index (κ1) is 21.9. The van der Waals surface area contributed by atoms with Crippen LogP contribution in [0.3, 0.4) is 0 Å². The summed E-state index contributed by atoms with van der Waals surface area (Å²) in [5.41, 5.74) is 0.0431. The number of carbonyl (C=O) groups excluding carboxylic acids is 4. The van der Waals surface area contributed by atoms with Crippen molar-refractivity contribution in [3.05, 3.63) is 70.5 Å². The van der Waals surface area contributed by atoms with Crippen LogP contribution in [-0.4, -0.2) is 52.6 Å². The van der Waals surface area contributed by atoms with Crippen LogP contribution in [0, 0.1) is 11.2 Å². The van der Waals surface area contributed by atoms with Crippen LogP contribution in [0.4, 0.5) is 8.78 Å². The van der Waals surface area contributed by atoms with Gasteiger partial charge in [0.1, 0.15) is 17.5 Å². The lowest BCUT2D eigenvalue weighted by Gasteiger charge is -2.61. The normalized spacial score (nSPS) is 24.1. The molecule has 0 aromatic heterocycles. The van der Waals surface area contributed by atoms with Gasteiger partial charge in [0.25, 0.3) is 11.8 Å². The molecule has 2 saturated heterocycles. The number of likely N-dealkylation sites (tertiary alicyclic amines) is 1. The molecule has 0 bridgehead atoms. The van der Waals surface area contributed by atoms with E-state index < -0.39 is 23.4 Å². The summed E-state index contributed by atoms with van der Waals surface area (Å²) in [7, 11) is 0. The van der Waals surface area contributed by atoms with Crippen molar-refractivity contribution in [2.75, 3.05) is 13.1 Å². The van der Waals surface area contributed by atoms with E-state index in [-0.39, 0.29) is 55.4 Å². The number of amides is 4. The van der Waals surface area contributed by atoms with Crippen LogP contribution in [0.2, 0.25) is 0 Å². The molecule has 1 saturated carbocycles. The van der Waals surface area contributed by atoms with E-state index in [0.717, 1.165) is 0 Å². The molecule has 4 aliphatic rings. The largest absolute Gasteiger partial charge is 0.337 e. The van der Waals surface area contributed by atoms with Crippen LogP contribution in [0.25, 0.3) is 0 Å². The van der Waals surface area contributed by atoms with Crippen molar-refractivity contribution in [1.29, 1.82) is 0 Å². The average molecular weight is 479 g/mol. The quantitative estimate of drug-likeness (QED) is 0.686. The van der Waals surface area contributed by atoms with Crippen molar-refractivity contribution in [3.8, 4) is 0 Å². The predicted molar refractivity (Wildman–Crippen MR) is 119 cm³/mol. The van der Waals surface area contributed by atoms with E-state index in [2.05, 4.69) is 5.32 Å². The molecule has 1 spiro atoms. The standard InChI is InChI=1S/C26H23F2N3O4/c27-18-3-1-2-17(9-18)26(28)11-25(12-26)13-30(14-25)23(34)15-4-5-19-16(8-15)10-31(24(19)35)20-6-7-21(32)29-22(20)33/h1-5,8-9,20H,6-7,10-14H2,(H,29,32,33). The van der Waals surface area contributed by atoms with Gasteiger partial charge in [-0.05, 0) is 60.7 Å². The lowest BCUT2D eigenvalue weighted by molar-refractivity contribution is -0.144. The number of nitrogens with one attached hydrogen (secondary N) is 1. The topological polar surface area (TPSA) is 86.8 Å². The Labute approximate surface area is 200 Å². The van der Waals surface area contributed by atoms with E-state index >= 15 is 4.39 Å². The van der Waals surface area contributed by atoms with Crippen LogP contribution in [0.1, 0.15) is 57.5 Å². The van der Waals surface area contributed by atoms with Crippen LogP contribution in [0.5, 0.6) is 0 Å². The minimum atomic E-state index is -1.56. The molecule has 1 N–H and O–H groups in total. The number of benzene rings is 2. The number of imide groups is 1. The van der Waals surface area contributed by atoms with Crippen LogP contribution < -0.4 is 5.32 Å². The fourth-order valence-electron chi connectivity index (χ4n) is 6.13. The summed E-state index contributed by atoms with van der Waals surface area (Å²) in [4.78, 5) is 52.7. The highest BCUT2D eigenvalue weighted by atomic mass is 19.1. The molecule has 4 amide bonds. The van der Waals surface area contributed by atoms with E-state index in [1.165, 1.54) is 23.1 Å². The van der Waals surface area contributed by atoms with Crippen molar-refractivity contribution in [1.82, 2.24) is 15.1 Å². The lowest BCUT2D eigenvalue weighted by atomic mass is 9.54. The van der Waals surface area contributed by atoms with E-state index in [1.54, 1.807) is 29.2 Å². The molecule has 1 atom stereocenters. The van der Waals surface area contributed by atoms with Gasteiger partial charge in [0.2, 0.25) is 11.8 Å². The molecular formula is C26H23F2N3O4. The fourth-order valence-corrected chi connectivity index (χ4v) is 6.13. The van der Waals surface area contributed by atoms with Crippen LogP contribution >= 0.6 is 0 Å². The molecule has 1 aliphatic carbocycles. The van der Waals surface area contributed by atoms with Crippen molar-refractivity contribution < 1.29 is 28.0 Å². The highest BCUT2D eigenvalue weighted by molar-refractivity contribution is 6.06. The first-order valence-corrected chi connectivity index (χ1v) is 11.7. The maximum Gasteiger partial charge on any atom is 0.255 e. The molecule has 0 radical (unpaired) electrons. The van der Waals surface area contributed by atoms with Gasteiger partial charge < -0.3 is 9.80 Å². The summed E-state index contributed by atoms with van der Waals surface area (Å²) in [5, 5.41) is 2.27. The zero-order chi connectivity index (χ0) is 24.5. The molecule has 2 aromatic carbocycles. The van der Waals surface area contributed by atoms with Gasteiger partial charge in [-0.1, -0.05) is 12.1 Å². The summed E-state index contributed by atoms with van der Waals surface area (Å²) < 4.78 is 28.8. The monoisotopic (exact) mass is 479 g/mol. The second kappa shape index (κ2) is 7.44. The predicted octanol–water partition coefficient (Wildman–Crippen LogP) is 2.69. The van der Waals surface area contributed by atoms with E-state index in [4.69, 9.17) is 0 Å². The maximum absolute atomic E-state index is 15.3. The number of nitrogens with zero attached hydrogens (tertiary/aromatic N) is 2. The molecule has 3 aliphatic heterocycles. The van der Waals surface area contributed by atoms with Gasteiger partial charge >= 0.3 is 0 Å². The Hall–Kier alpha value is -3.62. The molecule has 35 heavy (non-hydrogen) atoms. The van der Waals surface area contributed by atoms with Gasteiger partial charge in [0.15, 0.2) is 0 Å². The zero-order valence-electron chi connectivity index (χ0n) is 18.9. The SMILES string of the molecule is O=C1CCC(N2Cc3cc(C(=O)N4CC5(C4)CC(F)(c4cccc(F)c4)C5)ccc3C2=O)C(=O)N1. The molecule has 7 nitrogen and oxygen atoms in total. The van der Waals surface area contributed by atoms with Crippen molar-refractivity contribution in [2.24, 2.45) is 5.41 Å².